The predicted molar refractivity (Wildman–Crippen MR) is 108 cm³/mol. The maximum absolute atomic E-state index is 12.6. The summed E-state index contributed by atoms with van der Waals surface area (Å²) in [4.78, 5) is 26.1. The number of methoxy groups -OCH3 is 1. The second-order valence-corrected chi connectivity index (χ2v) is 6.91. The lowest BCUT2D eigenvalue weighted by molar-refractivity contribution is -0.118. The molecule has 0 N–H and O–H groups in total. The maximum Gasteiger partial charge on any atom is 0.414 e. The smallest absolute Gasteiger partial charge is 0.414 e. The van der Waals surface area contributed by atoms with E-state index in [2.05, 4.69) is 0 Å². The summed E-state index contributed by atoms with van der Waals surface area (Å²) in [6.45, 7) is 1.74. The maximum atomic E-state index is 12.6. The van der Waals surface area contributed by atoms with Crippen LogP contribution in [0.2, 0.25) is 0 Å². The summed E-state index contributed by atoms with van der Waals surface area (Å²) in [5.41, 5.74) is 3.46. The van der Waals surface area contributed by atoms with Crippen LogP contribution in [0, 0.1) is 0 Å². The molecule has 2 aromatic rings. The molecule has 148 valence electrons. The van der Waals surface area contributed by atoms with Crippen molar-refractivity contribution >= 4 is 24.0 Å². The molecule has 6 nitrogen and oxygen atoms in total. The average molecular weight is 391 g/mol. The van der Waals surface area contributed by atoms with E-state index in [4.69, 9.17) is 14.2 Å². The van der Waals surface area contributed by atoms with Crippen LogP contribution >= 0.6 is 0 Å². The molecule has 0 radical (unpaired) electrons. The fraction of sp³-hybridized carbons (Fsp3) is 0.217. The van der Waals surface area contributed by atoms with Crippen molar-refractivity contribution in [2.24, 2.45) is 0 Å². The van der Waals surface area contributed by atoms with Gasteiger partial charge in [0.25, 0.3) is 0 Å². The van der Waals surface area contributed by atoms with Crippen molar-refractivity contribution < 1.29 is 23.8 Å². The van der Waals surface area contributed by atoms with Crippen LogP contribution < -0.4 is 9.47 Å². The van der Waals surface area contributed by atoms with Gasteiger partial charge in [-0.1, -0.05) is 36.4 Å². The normalized spacial score (nSPS) is 17.1. The highest BCUT2D eigenvalue weighted by Gasteiger charge is 2.33. The van der Waals surface area contributed by atoms with Gasteiger partial charge in [-0.2, -0.15) is 0 Å². The first-order valence-electron chi connectivity index (χ1n) is 9.32. The zero-order valence-electron chi connectivity index (χ0n) is 16.3. The number of carbonyl (C=O) groups excluding carboxylic acids is 2. The van der Waals surface area contributed by atoms with Gasteiger partial charge in [0, 0.05) is 12.1 Å². The first-order chi connectivity index (χ1) is 14.1. The van der Waals surface area contributed by atoms with Gasteiger partial charge in [-0.3, -0.25) is 9.69 Å². The van der Waals surface area contributed by atoms with E-state index in [0.29, 0.717) is 17.2 Å². The number of ketones is 1. The largest absolute Gasteiger partial charge is 0.454 e. The fourth-order valence-electron chi connectivity index (χ4n) is 3.63. The van der Waals surface area contributed by atoms with Crippen molar-refractivity contribution in [3.63, 3.8) is 0 Å². The summed E-state index contributed by atoms with van der Waals surface area (Å²) in [5, 5.41) is 0. The number of fused-ring (bicyclic) bond motifs is 2. The van der Waals surface area contributed by atoms with Crippen LogP contribution in [0.1, 0.15) is 36.1 Å². The van der Waals surface area contributed by atoms with Crippen molar-refractivity contribution in [2.45, 2.75) is 19.4 Å². The third-order valence-corrected chi connectivity index (χ3v) is 4.94. The van der Waals surface area contributed by atoms with Crippen molar-refractivity contribution in [3.8, 4) is 11.5 Å². The minimum atomic E-state index is -0.507. The van der Waals surface area contributed by atoms with E-state index < -0.39 is 12.1 Å². The fourth-order valence-corrected chi connectivity index (χ4v) is 3.63. The van der Waals surface area contributed by atoms with Gasteiger partial charge < -0.3 is 14.2 Å². The van der Waals surface area contributed by atoms with Gasteiger partial charge in [-0.25, -0.2) is 4.79 Å². The summed E-state index contributed by atoms with van der Waals surface area (Å²) in [7, 11) is 1.34. The Morgan fingerprint density at radius 3 is 2.72 bits per heavy atom. The van der Waals surface area contributed by atoms with E-state index in [1.54, 1.807) is 0 Å². The molecule has 29 heavy (non-hydrogen) atoms. The number of amides is 1. The molecule has 0 saturated heterocycles. The van der Waals surface area contributed by atoms with E-state index in [-0.39, 0.29) is 19.0 Å². The van der Waals surface area contributed by atoms with Crippen LogP contribution in [0.15, 0.2) is 54.2 Å². The molecular weight excluding hydrogens is 370 g/mol. The zero-order chi connectivity index (χ0) is 20.4. The lowest BCUT2D eigenvalue weighted by Crippen LogP contribution is -2.36. The van der Waals surface area contributed by atoms with Gasteiger partial charge in [0.2, 0.25) is 6.79 Å². The molecule has 2 aliphatic rings. The van der Waals surface area contributed by atoms with Crippen LogP contribution in [-0.2, 0) is 9.53 Å². The van der Waals surface area contributed by atoms with Crippen LogP contribution in [0.25, 0.3) is 12.2 Å². The van der Waals surface area contributed by atoms with Gasteiger partial charge in [0.15, 0.2) is 11.5 Å². The number of Topliss-reactive ketones (excluding diaryl/α,β-unsaturated/α-hetero) is 1. The number of rotatable bonds is 4. The highest BCUT2D eigenvalue weighted by molar-refractivity contribution is 5.82. The van der Waals surface area contributed by atoms with E-state index in [0.717, 1.165) is 16.7 Å². The minimum Gasteiger partial charge on any atom is -0.454 e. The topological polar surface area (TPSA) is 65.1 Å². The second kappa shape index (κ2) is 7.83. The number of nitrogens with zero attached hydrogens (tertiary/aromatic N) is 1. The third-order valence-electron chi connectivity index (χ3n) is 4.94. The lowest BCUT2D eigenvalue weighted by atomic mass is 9.91. The Hall–Kier alpha value is -3.54. The third kappa shape index (κ3) is 3.74. The van der Waals surface area contributed by atoms with E-state index in [1.807, 2.05) is 60.7 Å². The van der Waals surface area contributed by atoms with E-state index in [9.17, 15) is 9.59 Å². The van der Waals surface area contributed by atoms with Crippen molar-refractivity contribution in [2.75, 3.05) is 13.9 Å². The summed E-state index contributed by atoms with van der Waals surface area (Å²) < 4.78 is 15.8. The summed E-state index contributed by atoms with van der Waals surface area (Å²) in [6.07, 6.45) is 5.36. The highest BCUT2D eigenvalue weighted by atomic mass is 16.7. The molecule has 2 heterocycles. The first kappa shape index (κ1) is 18.8. The zero-order valence-corrected chi connectivity index (χ0v) is 16.3. The first-order valence-corrected chi connectivity index (χ1v) is 9.32. The molecule has 1 amide bonds. The minimum absolute atomic E-state index is 0.000272. The Morgan fingerprint density at radius 1 is 1.14 bits per heavy atom. The molecule has 0 aliphatic carbocycles. The molecule has 1 unspecified atom stereocenters. The monoisotopic (exact) mass is 391 g/mol. The second-order valence-electron chi connectivity index (χ2n) is 6.91. The molecule has 6 heteroatoms. The van der Waals surface area contributed by atoms with Crippen LogP contribution in [0.4, 0.5) is 4.79 Å². The highest BCUT2D eigenvalue weighted by Crippen LogP contribution is 2.38. The molecule has 0 bridgehead atoms. The van der Waals surface area contributed by atoms with E-state index in [1.165, 1.54) is 18.9 Å². The van der Waals surface area contributed by atoms with E-state index >= 15 is 0 Å². The quantitative estimate of drug-likeness (QED) is 0.764. The number of hydrogen-bond acceptors (Lipinski definition) is 5. The number of benzene rings is 2. The molecule has 0 fully saturated rings. The molecular formula is C23H21NO5. The number of hydrogen-bond donors (Lipinski definition) is 0. The SMILES string of the molecule is COC(=O)N1C(/C=C/c2ccc3c(c2)OCO3)=Cc2ccccc2C1CC(C)=O. The summed E-state index contributed by atoms with van der Waals surface area (Å²) in [6, 6.07) is 13.0. The van der Waals surface area contributed by atoms with Crippen molar-refractivity contribution in [1.29, 1.82) is 0 Å². The van der Waals surface area contributed by atoms with Crippen LogP contribution in [-0.4, -0.2) is 30.7 Å². The number of allylic oxidation sites excluding steroid dienone is 1. The molecule has 2 aliphatic heterocycles. The molecule has 0 saturated carbocycles. The van der Waals surface area contributed by atoms with Gasteiger partial charge >= 0.3 is 6.09 Å². The number of carbonyl (C=O) groups is 2. The van der Waals surface area contributed by atoms with Crippen LogP contribution in [0.5, 0.6) is 11.5 Å². The van der Waals surface area contributed by atoms with Crippen molar-refractivity contribution in [3.05, 3.63) is 70.9 Å². The Bertz CT molecular complexity index is 1020. The summed E-state index contributed by atoms with van der Waals surface area (Å²) in [5.74, 6) is 1.40. The molecule has 0 spiro atoms. The summed E-state index contributed by atoms with van der Waals surface area (Å²) >= 11 is 0. The van der Waals surface area contributed by atoms with Crippen molar-refractivity contribution in [1.82, 2.24) is 4.90 Å². The standard InChI is InChI=1S/C23H21NO5/c1-15(25)11-20-19-6-4-3-5-17(19)13-18(24(20)23(26)27-2)9-7-16-8-10-21-22(12-16)29-14-28-21/h3-10,12-13,20H,11,14H2,1-2H3/b9-7+. The lowest BCUT2D eigenvalue weighted by Gasteiger charge is -2.35. The number of ether oxygens (including phenoxy) is 3. The molecule has 4 rings (SSSR count). The van der Waals surface area contributed by atoms with Gasteiger partial charge in [0.1, 0.15) is 5.78 Å². The van der Waals surface area contributed by atoms with Gasteiger partial charge in [-0.05, 0) is 47.9 Å². The Morgan fingerprint density at radius 2 is 1.93 bits per heavy atom. The Balaban J connectivity index is 1.74. The predicted octanol–water partition coefficient (Wildman–Crippen LogP) is 4.57. The Kier molecular flexibility index (Phi) is 5.08. The van der Waals surface area contributed by atoms with Crippen LogP contribution in [0.3, 0.4) is 0 Å². The Labute approximate surface area is 169 Å². The molecule has 1 atom stereocenters. The van der Waals surface area contributed by atoms with Gasteiger partial charge in [0.05, 0.1) is 13.2 Å². The average Bonchev–Trinajstić information content (AvgIpc) is 3.19. The van der Waals surface area contributed by atoms with Gasteiger partial charge in [-0.15, -0.1) is 0 Å². The molecule has 0 aromatic heterocycles. The molecule has 2 aromatic carbocycles.